The van der Waals surface area contributed by atoms with Crippen LogP contribution in [0.1, 0.15) is 38.5 Å². The lowest BCUT2D eigenvalue weighted by Gasteiger charge is -2.27. The van der Waals surface area contributed by atoms with Crippen LogP contribution in [0.25, 0.3) is 0 Å². The van der Waals surface area contributed by atoms with Gasteiger partial charge >= 0.3 is 0 Å². The number of carbonyl (C=O) groups is 2. The van der Waals surface area contributed by atoms with Crippen molar-refractivity contribution in [3.05, 3.63) is 82.4 Å². The molecule has 9 heteroatoms. The molecule has 4 rings (SSSR count). The maximum atomic E-state index is 13.2. The summed E-state index contributed by atoms with van der Waals surface area (Å²) in [6.45, 7) is 2.04. The van der Waals surface area contributed by atoms with Crippen molar-refractivity contribution in [2.75, 3.05) is 13.1 Å². The molecule has 0 radical (unpaired) electrons. The van der Waals surface area contributed by atoms with Crippen molar-refractivity contribution in [3.63, 3.8) is 0 Å². The molecule has 0 saturated heterocycles. The normalized spacial score (nSPS) is 12.9. The molecule has 0 aliphatic carbocycles. The number of pyridine rings is 1. The van der Waals surface area contributed by atoms with Crippen LogP contribution >= 0.6 is 11.6 Å². The van der Waals surface area contributed by atoms with E-state index in [9.17, 15) is 9.59 Å². The number of fused-ring (bicyclic) bond motifs is 1. The van der Waals surface area contributed by atoms with E-state index in [-0.39, 0.29) is 30.5 Å². The van der Waals surface area contributed by atoms with Gasteiger partial charge in [-0.2, -0.15) is 10.4 Å². The molecule has 2 aromatic heterocycles. The van der Waals surface area contributed by atoms with E-state index in [2.05, 4.69) is 16.2 Å². The topological polar surface area (TPSA) is 95.1 Å². The second kappa shape index (κ2) is 9.62. The lowest BCUT2D eigenvalue weighted by molar-refractivity contribution is 0.0680. The molecule has 3 aromatic rings. The Morgan fingerprint density at radius 2 is 2.00 bits per heavy atom. The predicted octanol–water partition coefficient (Wildman–Crippen LogP) is 3.14. The van der Waals surface area contributed by atoms with E-state index in [1.807, 2.05) is 18.2 Å². The minimum absolute atomic E-state index is 0.173. The number of halogens is 1. The summed E-state index contributed by atoms with van der Waals surface area (Å²) in [6.07, 6.45) is 3.55. The van der Waals surface area contributed by atoms with Crippen LogP contribution in [0.3, 0.4) is 0 Å². The maximum absolute atomic E-state index is 13.2. The minimum atomic E-state index is -0.317. The molecule has 162 valence electrons. The predicted molar refractivity (Wildman–Crippen MR) is 118 cm³/mol. The van der Waals surface area contributed by atoms with Crippen LogP contribution in [0.5, 0.6) is 0 Å². The third kappa shape index (κ3) is 4.79. The van der Waals surface area contributed by atoms with E-state index in [1.165, 1.54) is 0 Å². The molecule has 8 nitrogen and oxygen atoms in total. The minimum Gasteiger partial charge on any atom is -0.332 e. The van der Waals surface area contributed by atoms with E-state index >= 15 is 0 Å². The highest BCUT2D eigenvalue weighted by atomic mass is 35.5. The zero-order chi connectivity index (χ0) is 22.5. The highest BCUT2D eigenvalue weighted by Crippen LogP contribution is 2.19. The fourth-order valence-electron chi connectivity index (χ4n) is 3.62. The number of hydrogen-bond donors (Lipinski definition) is 0. The molecule has 0 unspecified atom stereocenters. The van der Waals surface area contributed by atoms with Crippen LogP contribution in [0.4, 0.5) is 0 Å². The number of aromatic nitrogens is 3. The van der Waals surface area contributed by atoms with Gasteiger partial charge in [0.25, 0.3) is 11.8 Å². The number of hydrogen-bond acceptors (Lipinski definition) is 5. The molecule has 1 aliphatic rings. The Hall–Kier alpha value is -3.70. The second-order valence-electron chi connectivity index (χ2n) is 7.49. The lowest BCUT2D eigenvalue weighted by atomic mass is 10.2. The van der Waals surface area contributed by atoms with Gasteiger partial charge in [-0.3, -0.25) is 19.3 Å². The summed E-state index contributed by atoms with van der Waals surface area (Å²) in [4.78, 5) is 33.6. The van der Waals surface area contributed by atoms with Crippen molar-refractivity contribution in [2.45, 2.75) is 26.1 Å². The van der Waals surface area contributed by atoms with Gasteiger partial charge in [0.1, 0.15) is 5.69 Å². The van der Waals surface area contributed by atoms with Crippen LogP contribution in [-0.4, -0.2) is 49.5 Å². The number of rotatable bonds is 7. The SMILES string of the molecule is N#CCCN(Cc1cccnc1)C(=O)c1cc2n(n1)CCN(Cc1ccc(Cl)cc1)C2=O. The van der Waals surface area contributed by atoms with Crippen molar-refractivity contribution in [3.8, 4) is 6.07 Å². The van der Waals surface area contributed by atoms with E-state index < -0.39 is 0 Å². The first-order valence-electron chi connectivity index (χ1n) is 10.2. The summed E-state index contributed by atoms with van der Waals surface area (Å²) in [5, 5.41) is 14.0. The van der Waals surface area contributed by atoms with Crippen molar-refractivity contribution >= 4 is 23.4 Å². The van der Waals surface area contributed by atoms with Gasteiger partial charge in [-0.1, -0.05) is 29.8 Å². The molecule has 1 aliphatic heterocycles. The first-order chi connectivity index (χ1) is 15.5. The molecular weight excluding hydrogens is 428 g/mol. The summed E-state index contributed by atoms with van der Waals surface area (Å²) < 4.78 is 1.58. The number of nitriles is 1. The number of carbonyl (C=O) groups excluding carboxylic acids is 2. The summed E-state index contributed by atoms with van der Waals surface area (Å²) >= 11 is 5.94. The Labute approximate surface area is 190 Å². The van der Waals surface area contributed by atoms with Crippen LogP contribution in [0, 0.1) is 11.3 Å². The standard InChI is InChI=1S/C23H21ClN6O2/c24-19-6-4-17(5-7-19)15-29-11-12-30-21(23(29)32)13-20(27-30)22(31)28(10-2-8-25)16-18-3-1-9-26-14-18/h1,3-7,9,13-14H,2,10-12,15-16H2. The van der Waals surface area contributed by atoms with Crippen molar-refractivity contribution < 1.29 is 9.59 Å². The molecule has 0 saturated carbocycles. The van der Waals surface area contributed by atoms with Crippen LogP contribution in [0.15, 0.2) is 54.9 Å². The molecule has 0 spiro atoms. The third-order valence-electron chi connectivity index (χ3n) is 5.25. The zero-order valence-electron chi connectivity index (χ0n) is 17.3. The van der Waals surface area contributed by atoms with Gasteiger partial charge in [-0.15, -0.1) is 0 Å². The Bertz CT molecular complexity index is 1150. The Kier molecular flexibility index (Phi) is 6.47. The Morgan fingerprint density at radius 1 is 1.19 bits per heavy atom. The fourth-order valence-corrected chi connectivity index (χ4v) is 3.74. The first-order valence-corrected chi connectivity index (χ1v) is 10.6. The van der Waals surface area contributed by atoms with Gasteiger partial charge in [0.2, 0.25) is 0 Å². The molecule has 0 bridgehead atoms. The van der Waals surface area contributed by atoms with E-state index in [0.717, 1.165) is 11.1 Å². The lowest BCUT2D eigenvalue weighted by Crippen LogP contribution is -2.39. The molecular formula is C23H21ClN6O2. The summed E-state index contributed by atoms with van der Waals surface area (Å²) in [5.74, 6) is -0.489. The second-order valence-corrected chi connectivity index (χ2v) is 7.92. The molecule has 2 amide bonds. The van der Waals surface area contributed by atoms with Crippen molar-refractivity contribution in [1.82, 2.24) is 24.6 Å². The zero-order valence-corrected chi connectivity index (χ0v) is 18.1. The van der Waals surface area contributed by atoms with Crippen LogP contribution in [-0.2, 0) is 19.6 Å². The Morgan fingerprint density at radius 3 is 2.72 bits per heavy atom. The third-order valence-corrected chi connectivity index (χ3v) is 5.50. The van der Waals surface area contributed by atoms with E-state index in [1.54, 1.807) is 51.1 Å². The summed E-state index contributed by atoms with van der Waals surface area (Å²) in [5.41, 5.74) is 2.41. The monoisotopic (exact) mass is 448 g/mol. The molecule has 0 atom stereocenters. The largest absolute Gasteiger partial charge is 0.332 e. The van der Waals surface area contributed by atoms with Crippen LogP contribution in [0.2, 0.25) is 5.02 Å². The van der Waals surface area contributed by atoms with Gasteiger partial charge in [-0.05, 0) is 29.3 Å². The van der Waals surface area contributed by atoms with Crippen molar-refractivity contribution in [2.24, 2.45) is 0 Å². The molecule has 32 heavy (non-hydrogen) atoms. The summed E-state index contributed by atoms with van der Waals surface area (Å²) in [6, 6.07) is 14.7. The smallest absolute Gasteiger partial charge is 0.274 e. The van der Waals surface area contributed by atoms with Gasteiger partial charge < -0.3 is 9.80 Å². The number of amides is 2. The molecule has 0 fully saturated rings. The highest BCUT2D eigenvalue weighted by molar-refractivity contribution is 6.30. The number of nitrogens with zero attached hydrogens (tertiary/aromatic N) is 6. The van der Waals surface area contributed by atoms with Gasteiger partial charge in [0, 0.05) is 49.7 Å². The Balaban J connectivity index is 1.51. The average molecular weight is 449 g/mol. The van der Waals surface area contributed by atoms with Gasteiger partial charge in [0.15, 0.2) is 5.69 Å². The maximum Gasteiger partial charge on any atom is 0.274 e. The number of benzene rings is 1. The van der Waals surface area contributed by atoms with E-state index in [4.69, 9.17) is 16.9 Å². The van der Waals surface area contributed by atoms with Crippen LogP contribution < -0.4 is 0 Å². The highest BCUT2D eigenvalue weighted by Gasteiger charge is 2.29. The quantitative estimate of drug-likeness (QED) is 0.553. The van der Waals surface area contributed by atoms with Gasteiger partial charge in [0.05, 0.1) is 19.0 Å². The molecule has 3 heterocycles. The van der Waals surface area contributed by atoms with Crippen molar-refractivity contribution in [1.29, 1.82) is 5.26 Å². The van der Waals surface area contributed by atoms with Gasteiger partial charge in [-0.25, -0.2) is 0 Å². The first kappa shape index (κ1) is 21.5. The fraction of sp³-hybridized carbons (Fsp3) is 0.261. The summed E-state index contributed by atoms with van der Waals surface area (Å²) in [7, 11) is 0. The molecule has 1 aromatic carbocycles. The average Bonchev–Trinajstić information content (AvgIpc) is 3.25. The molecule has 0 N–H and O–H groups in total. The van der Waals surface area contributed by atoms with E-state index in [0.29, 0.717) is 36.9 Å².